The highest BCUT2D eigenvalue weighted by molar-refractivity contribution is 5.94. The van der Waals surface area contributed by atoms with Crippen molar-refractivity contribution in [1.82, 2.24) is 4.98 Å². The third-order valence-corrected chi connectivity index (χ3v) is 3.62. The van der Waals surface area contributed by atoms with Crippen LogP contribution in [0.25, 0.3) is 10.9 Å². The second-order valence-electron chi connectivity index (χ2n) is 5.16. The van der Waals surface area contributed by atoms with Gasteiger partial charge in [-0.25, -0.2) is 4.79 Å². The van der Waals surface area contributed by atoms with Crippen LogP contribution in [-0.4, -0.2) is 24.7 Å². The lowest BCUT2D eigenvalue weighted by Crippen LogP contribution is -2.04. The zero-order valence-corrected chi connectivity index (χ0v) is 13.6. The molecule has 5 heteroatoms. The van der Waals surface area contributed by atoms with Crippen LogP contribution in [0.3, 0.4) is 0 Å². The van der Waals surface area contributed by atoms with E-state index >= 15 is 0 Å². The van der Waals surface area contributed by atoms with Crippen LogP contribution in [0.1, 0.15) is 17.3 Å². The van der Waals surface area contributed by atoms with E-state index in [1.54, 1.807) is 32.4 Å². The summed E-state index contributed by atoms with van der Waals surface area (Å²) >= 11 is 0. The summed E-state index contributed by atoms with van der Waals surface area (Å²) in [6.45, 7) is 2.15. The quantitative estimate of drug-likeness (QED) is 0.715. The second kappa shape index (κ2) is 7.00. The van der Waals surface area contributed by atoms with E-state index < -0.39 is 0 Å². The number of carbonyl (C=O) groups excluding carboxylic acids is 1. The lowest BCUT2D eigenvalue weighted by molar-refractivity contribution is 0.0526. The minimum atomic E-state index is -0.317. The standard InChI is InChI=1S/C19H18N2O3/c1-3-24-19(22)13-4-6-14(7-5-13)21-18-10-11-20-17-9-8-15(23-2)12-16(17)18/h4-12H,3H2,1-2H3,(H,20,21). The molecule has 3 rings (SSSR count). The molecule has 0 fully saturated rings. The Hall–Kier alpha value is -3.08. The molecular weight excluding hydrogens is 304 g/mol. The maximum Gasteiger partial charge on any atom is 0.338 e. The number of ether oxygens (including phenoxy) is 2. The van der Waals surface area contributed by atoms with E-state index in [-0.39, 0.29) is 5.97 Å². The molecule has 0 unspecified atom stereocenters. The molecule has 0 saturated heterocycles. The third-order valence-electron chi connectivity index (χ3n) is 3.62. The number of fused-ring (bicyclic) bond motifs is 1. The van der Waals surface area contributed by atoms with E-state index in [0.29, 0.717) is 12.2 Å². The molecule has 2 aromatic carbocycles. The van der Waals surface area contributed by atoms with Gasteiger partial charge in [0, 0.05) is 23.0 Å². The van der Waals surface area contributed by atoms with E-state index in [4.69, 9.17) is 9.47 Å². The van der Waals surface area contributed by atoms with Gasteiger partial charge in [-0.15, -0.1) is 0 Å². The van der Waals surface area contributed by atoms with Crippen molar-refractivity contribution in [3.63, 3.8) is 0 Å². The number of rotatable bonds is 5. The van der Waals surface area contributed by atoms with Crippen molar-refractivity contribution < 1.29 is 14.3 Å². The first-order valence-electron chi connectivity index (χ1n) is 7.68. The fraction of sp³-hybridized carbons (Fsp3) is 0.158. The van der Waals surface area contributed by atoms with E-state index in [1.807, 2.05) is 36.4 Å². The summed E-state index contributed by atoms with van der Waals surface area (Å²) < 4.78 is 10.3. The Kier molecular flexibility index (Phi) is 4.61. The van der Waals surface area contributed by atoms with Crippen molar-refractivity contribution in [2.75, 3.05) is 19.0 Å². The second-order valence-corrected chi connectivity index (χ2v) is 5.16. The topological polar surface area (TPSA) is 60.5 Å². The van der Waals surface area contributed by atoms with Gasteiger partial charge in [0.15, 0.2) is 0 Å². The van der Waals surface area contributed by atoms with E-state index in [9.17, 15) is 4.79 Å². The summed E-state index contributed by atoms with van der Waals surface area (Å²) in [4.78, 5) is 16.1. The maximum absolute atomic E-state index is 11.7. The van der Waals surface area contributed by atoms with Crippen LogP contribution in [0.4, 0.5) is 11.4 Å². The summed E-state index contributed by atoms with van der Waals surface area (Å²) in [5.41, 5.74) is 3.20. The third kappa shape index (κ3) is 3.30. The Balaban J connectivity index is 1.88. The van der Waals surface area contributed by atoms with Crippen LogP contribution in [-0.2, 0) is 4.74 Å². The molecule has 0 aliphatic carbocycles. The molecule has 0 saturated carbocycles. The normalized spacial score (nSPS) is 10.4. The van der Waals surface area contributed by atoms with Gasteiger partial charge in [0.05, 0.1) is 24.8 Å². The molecule has 3 aromatic rings. The molecule has 0 amide bonds. The molecule has 122 valence electrons. The summed E-state index contributed by atoms with van der Waals surface area (Å²) in [5, 5.41) is 4.31. The zero-order chi connectivity index (χ0) is 16.9. The largest absolute Gasteiger partial charge is 0.497 e. The molecule has 0 bridgehead atoms. The number of benzene rings is 2. The molecule has 5 nitrogen and oxygen atoms in total. The molecule has 1 aromatic heterocycles. The van der Waals surface area contributed by atoms with Crippen LogP contribution in [0.15, 0.2) is 54.7 Å². The number of pyridine rings is 1. The number of hydrogen-bond donors (Lipinski definition) is 1. The maximum atomic E-state index is 11.7. The van der Waals surface area contributed by atoms with Gasteiger partial charge < -0.3 is 14.8 Å². The first-order chi connectivity index (χ1) is 11.7. The summed E-state index contributed by atoms with van der Waals surface area (Å²) in [6, 6.07) is 14.8. The monoisotopic (exact) mass is 322 g/mol. The first-order valence-corrected chi connectivity index (χ1v) is 7.68. The molecular formula is C19H18N2O3. The summed E-state index contributed by atoms with van der Waals surface area (Å²) in [7, 11) is 1.64. The number of nitrogens with zero attached hydrogens (tertiary/aromatic N) is 1. The predicted octanol–water partition coefficient (Wildman–Crippen LogP) is 4.16. The number of methoxy groups -OCH3 is 1. The summed E-state index contributed by atoms with van der Waals surface area (Å²) in [5.74, 6) is 0.458. The highest BCUT2D eigenvalue weighted by atomic mass is 16.5. The summed E-state index contributed by atoms with van der Waals surface area (Å²) in [6.07, 6.45) is 1.75. The van der Waals surface area contributed by atoms with Gasteiger partial charge >= 0.3 is 5.97 Å². The smallest absolute Gasteiger partial charge is 0.338 e. The first kappa shape index (κ1) is 15.8. The molecule has 0 spiro atoms. The van der Waals surface area contributed by atoms with Crippen molar-refractivity contribution >= 4 is 28.2 Å². The van der Waals surface area contributed by atoms with Crippen molar-refractivity contribution in [1.29, 1.82) is 0 Å². The highest BCUT2D eigenvalue weighted by Gasteiger charge is 2.07. The molecule has 24 heavy (non-hydrogen) atoms. The number of carbonyl (C=O) groups is 1. The van der Waals surface area contributed by atoms with E-state index in [2.05, 4.69) is 10.3 Å². The van der Waals surface area contributed by atoms with E-state index in [0.717, 1.165) is 28.0 Å². The van der Waals surface area contributed by atoms with Crippen LogP contribution in [0.5, 0.6) is 5.75 Å². The number of nitrogens with one attached hydrogen (secondary N) is 1. The van der Waals surface area contributed by atoms with Crippen molar-refractivity contribution in [3.05, 3.63) is 60.3 Å². The Morgan fingerprint density at radius 3 is 2.62 bits per heavy atom. The average molecular weight is 322 g/mol. The number of hydrogen-bond acceptors (Lipinski definition) is 5. The lowest BCUT2D eigenvalue weighted by Gasteiger charge is -2.11. The predicted molar refractivity (Wildman–Crippen MR) is 94.0 cm³/mol. The number of aromatic nitrogens is 1. The van der Waals surface area contributed by atoms with Crippen LogP contribution in [0.2, 0.25) is 0 Å². The van der Waals surface area contributed by atoms with Crippen LogP contribution >= 0.6 is 0 Å². The number of esters is 1. The minimum Gasteiger partial charge on any atom is -0.497 e. The zero-order valence-electron chi connectivity index (χ0n) is 13.6. The Bertz CT molecular complexity index is 860. The van der Waals surface area contributed by atoms with Gasteiger partial charge in [0.1, 0.15) is 5.75 Å². The van der Waals surface area contributed by atoms with Crippen LogP contribution in [0, 0.1) is 0 Å². The lowest BCUT2D eigenvalue weighted by atomic mass is 10.1. The SMILES string of the molecule is CCOC(=O)c1ccc(Nc2ccnc3ccc(OC)cc23)cc1. The molecule has 1 N–H and O–H groups in total. The van der Waals surface area contributed by atoms with E-state index in [1.165, 1.54) is 0 Å². The van der Waals surface area contributed by atoms with Crippen molar-refractivity contribution in [2.24, 2.45) is 0 Å². The number of anilines is 2. The molecule has 0 aliphatic rings. The van der Waals surface area contributed by atoms with Crippen molar-refractivity contribution in [2.45, 2.75) is 6.92 Å². The Morgan fingerprint density at radius 1 is 1.12 bits per heavy atom. The van der Waals surface area contributed by atoms with Crippen LogP contribution < -0.4 is 10.1 Å². The molecule has 1 heterocycles. The molecule has 0 aliphatic heterocycles. The highest BCUT2D eigenvalue weighted by Crippen LogP contribution is 2.28. The fourth-order valence-corrected chi connectivity index (χ4v) is 2.42. The van der Waals surface area contributed by atoms with Gasteiger partial charge in [0.2, 0.25) is 0 Å². The van der Waals surface area contributed by atoms with Gasteiger partial charge in [-0.2, -0.15) is 0 Å². The molecule has 0 atom stereocenters. The minimum absolute atomic E-state index is 0.317. The van der Waals surface area contributed by atoms with Crippen molar-refractivity contribution in [3.8, 4) is 5.75 Å². The van der Waals surface area contributed by atoms with Gasteiger partial charge in [-0.1, -0.05) is 0 Å². The Morgan fingerprint density at radius 2 is 1.92 bits per heavy atom. The Labute approximate surface area is 140 Å². The van der Waals surface area contributed by atoms with Gasteiger partial charge in [0.25, 0.3) is 0 Å². The van der Waals surface area contributed by atoms with Gasteiger partial charge in [-0.05, 0) is 55.5 Å². The fourth-order valence-electron chi connectivity index (χ4n) is 2.42. The average Bonchev–Trinajstić information content (AvgIpc) is 2.62. The van der Waals surface area contributed by atoms with Gasteiger partial charge in [-0.3, -0.25) is 4.98 Å². The molecule has 0 radical (unpaired) electrons.